The van der Waals surface area contributed by atoms with Gasteiger partial charge in [0.25, 0.3) is 0 Å². The molecule has 0 saturated carbocycles. The van der Waals surface area contributed by atoms with Gasteiger partial charge in [-0.15, -0.1) is 0 Å². The van der Waals surface area contributed by atoms with Crippen molar-refractivity contribution in [1.82, 2.24) is 0 Å². The van der Waals surface area contributed by atoms with Crippen molar-refractivity contribution in [2.45, 2.75) is 0 Å². The molecule has 0 saturated heterocycles. The average Bonchev–Trinajstić information content (AvgIpc) is 2.90. The van der Waals surface area contributed by atoms with Crippen molar-refractivity contribution in [2.75, 3.05) is 34.5 Å². The van der Waals surface area contributed by atoms with Crippen molar-refractivity contribution in [3.8, 4) is 40.6 Å². The highest BCUT2D eigenvalue weighted by Crippen LogP contribution is 2.34. The number of Topliss-reactive ketones (excluding diaryl/α,β-unsaturated/α-hetero) is 2. The van der Waals surface area contributed by atoms with E-state index in [-0.39, 0.29) is 11.1 Å². The predicted octanol–water partition coefficient (Wildman–Crippen LogP) is 3.95. The first kappa shape index (κ1) is 22.7. The Balaban J connectivity index is 1.75. The fourth-order valence-corrected chi connectivity index (χ4v) is 3.39. The summed E-state index contributed by atoms with van der Waals surface area (Å²) in [5.74, 6) is 6.94. The van der Waals surface area contributed by atoms with E-state index in [0.717, 1.165) is 5.56 Å². The highest BCUT2D eigenvalue weighted by Gasteiger charge is 2.25. The molecular formula is C27H22O7. The molecule has 1 aliphatic rings. The number of carbonyl (C=O) groups excluding carboxylic acids is 2. The minimum absolute atomic E-state index is 0.122. The van der Waals surface area contributed by atoms with E-state index in [1.807, 2.05) is 0 Å². The molecule has 3 aromatic carbocycles. The quantitative estimate of drug-likeness (QED) is 0.314. The van der Waals surface area contributed by atoms with E-state index in [1.165, 1.54) is 32.4 Å². The van der Waals surface area contributed by atoms with Crippen molar-refractivity contribution in [1.29, 1.82) is 0 Å². The summed E-state index contributed by atoms with van der Waals surface area (Å²) in [6.45, 7) is 0.729. The molecule has 1 heterocycles. The van der Waals surface area contributed by atoms with Crippen LogP contribution in [0, 0.1) is 11.8 Å². The van der Waals surface area contributed by atoms with Crippen LogP contribution in [0.2, 0.25) is 0 Å². The molecule has 4 rings (SSSR count). The highest BCUT2D eigenvalue weighted by atomic mass is 16.6. The Kier molecular flexibility index (Phi) is 6.69. The minimum atomic E-state index is -0.730. The van der Waals surface area contributed by atoms with Gasteiger partial charge >= 0.3 is 0 Å². The van der Waals surface area contributed by atoms with Gasteiger partial charge in [-0.1, -0.05) is 11.8 Å². The van der Waals surface area contributed by atoms with Crippen LogP contribution in [-0.2, 0) is 0 Å². The third kappa shape index (κ3) is 4.81. The monoisotopic (exact) mass is 458 g/mol. The summed E-state index contributed by atoms with van der Waals surface area (Å²) in [6.07, 6.45) is 0. The summed E-state index contributed by atoms with van der Waals surface area (Å²) >= 11 is 0. The van der Waals surface area contributed by atoms with Gasteiger partial charge in [-0.2, -0.15) is 0 Å². The maximum absolute atomic E-state index is 13.3. The van der Waals surface area contributed by atoms with Gasteiger partial charge in [0.15, 0.2) is 11.5 Å². The lowest BCUT2D eigenvalue weighted by molar-refractivity contribution is 0.0816. The van der Waals surface area contributed by atoms with Gasteiger partial charge in [-0.3, -0.25) is 9.59 Å². The summed E-state index contributed by atoms with van der Waals surface area (Å²) in [7, 11) is 4.53. The summed E-state index contributed by atoms with van der Waals surface area (Å²) in [5.41, 5.74) is 1.34. The molecule has 0 radical (unpaired) electrons. The van der Waals surface area contributed by atoms with Crippen molar-refractivity contribution in [2.24, 2.45) is 0 Å². The van der Waals surface area contributed by atoms with E-state index in [1.54, 1.807) is 43.5 Å². The number of fused-ring (bicyclic) bond motifs is 1. The normalized spacial score (nSPS) is 11.6. The largest absolute Gasteiger partial charge is 0.497 e. The molecule has 0 fully saturated rings. The molecular weight excluding hydrogens is 436 g/mol. The first-order valence-electron chi connectivity index (χ1n) is 10.4. The standard InChI is InChI=1S/C27H22O7/c1-30-20-8-5-17(6-9-20)4-7-18-14-24-25(34-11-10-33-24)16-23(18)27(29)26(28)19-12-21(31-2)15-22(13-19)32-3/h5-6,8-9,12-16H,10-11H2,1-3H3. The Bertz CT molecular complexity index is 1270. The Morgan fingerprint density at radius 1 is 0.706 bits per heavy atom. The molecule has 0 amide bonds. The molecule has 0 spiro atoms. The fourth-order valence-electron chi connectivity index (χ4n) is 3.39. The second kappa shape index (κ2) is 10.0. The van der Waals surface area contributed by atoms with E-state index in [0.29, 0.717) is 47.5 Å². The zero-order valence-electron chi connectivity index (χ0n) is 19.0. The van der Waals surface area contributed by atoms with E-state index < -0.39 is 11.6 Å². The molecule has 0 unspecified atom stereocenters. The third-order valence-corrected chi connectivity index (χ3v) is 5.18. The molecule has 1 aliphatic heterocycles. The fraction of sp³-hybridized carbons (Fsp3) is 0.185. The zero-order chi connectivity index (χ0) is 24.1. The van der Waals surface area contributed by atoms with Gasteiger partial charge in [-0.05, 0) is 42.5 Å². The van der Waals surface area contributed by atoms with Crippen LogP contribution in [0.1, 0.15) is 31.8 Å². The lowest BCUT2D eigenvalue weighted by Crippen LogP contribution is -2.19. The molecule has 3 aromatic rings. The molecule has 0 aliphatic carbocycles. The molecule has 34 heavy (non-hydrogen) atoms. The van der Waals surface area contributed by atoms with Gasteiger partial charge in [0, 0.05) is 34.4 Å². The molecule has 7 nitrogen and oxygen atoms in total. The van der Waals surface area contributed by atoms with Crippen molar-refractivity contribution < 1.29 is 33.3 Å². The van der Waals surface area contributed by atoms with Crippen LogP contribution in [0.3, 0.4) is 0 Å². The van der Waals surface area contributed by atoms with Crippen molar-refractivity contribution in [3.05, 3.63) is 76.9 Å². The van der Waals surface area contributed by atoms with Gasteiger partial charge in [-0.25, -0.2) is 0 Å². The number of methoxy groups -OCH3 is 3. The van der Waals surface area contributed by atoms with Crippen LogP contribution in [0.25, 0.3) is 0 Å². The zero-order valence-corrected chi connectivity index (χ0v) is 19.0. The first-order chi connectivity index (χ1) is 16.5. The molecule has 0 atom stereocenters. The lowest BCUT2D eigenvalue weighted by atomic mass is 9.96. The van der Waals surface area contributed by atoms with Crippen LogP contribution in [0.15, 0.2) is 54.6 Å². The maximum atomic E-state index is 13.3. The molecule has 7 heteroatoms. The maximum Gasteiger partial charge on any atom is 0.234 e. The number of benzene rings is 3. The summed E-state index contributed by atoms with van der Waals surface area (Å²) in [4.78, 5) is 26.5. The van der Waals surface area contributed by atoms with Crippen LogP contribution >= 0.6 is 0 Å². The van der Waals surface area contributed by atoms with Gasteiger partial charge in [0.05, 0.1) is 21.3 Å². The van der Waals surface area contributed by atoms with Crippen molar-refractivity contribution in [3.63, 3.8) is 0 Å². The number of ketones is 2. The average molecular weight is 458 g/mol. The number of carbonyl (C=O) groups is 2. The van der Waals surface area contributed by atoms with Crippen LogP contribution < -0.4 is 23.7 Å². The summed E-state index contributed by atoms with van der Waals surface area (Å²) < 4.78 is 26.9. The van der Waals surface area contributed by atoms with E-state index in [9.17, 15) is 9.59 Å². The molecule has 172 valence electrons. The van der Waals surface area contributed by atoms with E-state index in [2.05, 4.69) is 11.8 Å². The summed E-state index contributed by atoms with van der Waals surface area (Å²) in [6, 6.07) is 14.9. The minimum Gasteiger partial charge on any atom is -0.497 e. The van der Waals surface area contributed by atoms with Crippen LogP contribution in [0.5, 0.6) is 28.7 Å². The first-order valence-corrected chi connectivity index (χ1v) is 10.4. The number of hydrogen-bond donors (Lipinski definition) is 0. The smallest absolute Gasteiger partial charge is 0.234 e. The van der Waals surface area contributed by atoms with E-state index >= 15 is 0 Å². The Hall–Kier alpha value is -4.44. The van der Waals surface area contributed by atoms with Crippen LogP contribution in [-0.4, -0.2) is 46.1 Å². The van der Waals surface area contributed by atoms with Gasteiger partial charge < -0.3 is 23.7 Å². The second-order valence-electron chi connectivity index (χ2n) is 7.28. The van der Waals surface area contributed by atoms with Crippen LogP contribution in [0.4, 0.5) is 0 Å². The Morgan fingerprint density at radius 2 is 1.29 bits per heavy atom. The third-order valence-electron chi connectivity index (χ3n) is 5.18. The topological polar surface area (TPSA) is 80.3 Å². The summed E-state index contributed by atoms with van der Waals surface area (Å²) in [5, 5.41) is 0. The second-order valence-corrected chi connectivity index (χ2v) is 7.28. The van der Waals surface area contributed by atoms with E-state index in [4.69, 9.17) is 23.7 Å². The molecule has 0 aromatic heterocycles. The Morgan fingerprint density at radius 3 is 1.88 bits per heavy atom. The van der Waals surface area contributed by atoms with Crippen molar-refractivity contribution >= 4 is 11.6 Å². The molecule has 0 N–H and O–H groups in total. The van der Waals surface area contributed by atoms with Gasteiger partial charge in [0.1, 0.15) is 30.5 Å². The Labute approximate surface area is 197 Å². The highest BCUT2D eigenvalue weighted by molar-refractivity contribution is 6.49. The van der Waals surface area contributed by atoms with Gasteiger partial charge in [0.2, 0.25) is 11.6 Å². The SMILES string of the molecule is COc1ccc(C#Cc2cc3c(cc2C(=O)C(=O)c2cc(OC)cc(OC)c2)OCCO3)cc1. The number of ether oxygens (including phenoxy) is 5. The number of rotatable bonds is 6. The predicted molar refractivity (Wildman–Crippen MR) is 125 cm³/mol. The molecule has 0 bridgehead atoms. The number of hydrogen-bond acceptors (Lipinski definition) is 7. The lowest BCUT2D eigenvalue weighted by Gasteiger charge is -2.19.